The second kappa shape index (κ2) is 6.27. The molecule has 1 atom stereocenters. The molecule has 0 amide bonds. The summed E-state index contributed by atoms with van der Waals surface area (Å²) in [6.45, 7) is 2.70. The molecular formula is C14H18N2O2. The lowest BCUT2D eigenvalue weighted by Gasteiger charge is -2.23. The van der Waals surface area contributed by atoms with Crippen LogP contribution in [0.15, 0.2) is 18.2 Å². The van der Waals surface area contributed by atoms with Crippen molar-refractivity contribution in [2.45, 2.75) is 12.8 Å². The van der Waals surface area contributed by atoms with Gasteiger partial charge in [0.15, 0.2) is 11.5 Å². The average Bonchev–Trinajstić information content (AvgIpc) is 2.45. The monoisotopic (exact) mass is 246 g/mol. The predicted octanol–water partition coefficient (Wildman–Crippen LogP) is 1.95. The maximum absolute atomic E-state index is 9.08. The van der Waals surface area contributed by atoms with E-state index in [1.54, 1.807) is 19.2 Å². The number of methoxy groups -OCH3 is 1. The van der Waals surface area contributed by atoms with Crippen molar-refractivity contribution in [3.63, 3.8) is 0 Å². The zero-order valence-corrected chi connectivity index (χ0v) is 10.6. The summed E-state index contributed by atoms with van der Waals surface area (Å²) in [6.07, 6.45) is 2.36. The van der Waals surface area contributed by atoms with Gasteiger partial charge in [-0.05, 0) is 31.5 Å². The van der Waals surface area contributed by atoms with Gasteiger partial charge in [-0.1, -0.05) is 6.07 Å². The first kappa shape index (κ1) is 12.7. The first-order valence-corrected chi connectivity index (χ1v) is 6.25. The van der Waals surface area contributed by atoms with Crippen molar-refractivity contribution in [2.24, 2.45) is 5.92 Å². The Morgan fingerprint density at radius 3 is 3.06 bits per heavy atom. The van der Waals surface area contributed by atoms with E-state index in [4.69, 9.17) is 14.7 Å². The summed E-state index contributed by atoms with van der Waals surface area (Å²) in [5, 5.41) is 12.4. The van der Waals surface area contributed by atoms with Crippen LogP contribution in [0, 0.1) is 17.2 Å². The van der Waals surface area contributed by atoms with Crippen LogP contribution in [0.1, 0.15) is 18.4 Å². The van der Waals surface area contributed by atoms with Gasteiger partial charge in [-0.15, -0.1) is 0 Å². The number of hydrogen-bond acceptors (Lipinski definition) is 4. The molecule has 1 fully saturated rings. The van der Waals surface area contributed by atoms with E-state index in [0.29, 0.717) is 29.6 Å². The van der Waals surface area contributed by atoms with Crippen molar-refractivity contribution < 1.29 is 9.47 Å². The molecule has 0 bridgehead atoms. The maximum atomic E-state index is 9.08. The molecule has 0 spiro atoms. The lowest BCUT2D eigenvalue weighted by Crippen LogP contribution is -2.33. The average molecular weight is 246 g/mol. The van der Waals surface area contributed by atoms with Gasteiger partial charge in [0, 0.05) is 12.5 Å². The zero-order chi connectivity index (χ0) is 12.8. The number of hydrogen-bond donors (Lipinski definition) is 1. The Labute approximate surface area is 108 Å². The molecule has 18 heavy (non-hydrogen) atoms. The molecule has 0 aromatic heterocycles. The van der Waals surface area contributed by atoms with Crippen LogP contribution in [0.2, 0.25) is 0 Å². The fraction of sp³-hybridized carbons (Fsp3) is 0.500. The minimum atomic E-state index is 0.509. The van der Waals surface area contributed by atoms with Crippen LogP contribution in [0.25, 0.3) is 0 Å². The summed E-state index contributed by atoms with van der Waals surface area (Å²) in [5.41, 5.74) is 0.526. The molecular weight excluding hydrogens is 228 g/mol. The first-order chi connectivity index (χ1) is 8.85. The summed E-state index contributed by atoms with van der Waals surface area (Å²) in [6, 6.07) is 7.50. The summed E-state index contributed by atoms with van der Waals surface area (Å²) >= 11 is 0. The van der Waals surface area contributed by atoms with Crippen molar-refractivity contribution in [3.8, 4) is 17.6 Å². The molecule has 1 unspecified atom stereocenters. The highest BCUT2D eigenvalue weighted by Crippen LogP contribution is 2.31. The summed E-state index contributed by atoms with van der Waals surface area (Å²) < 4.78 is 11.0. The van der Waals surface area contributed by atoms with Gasteiger partial charge in [-0.3, -0.25) is 0 Å². The summed E-state index contributed by atoms with van der Waals surface area (Å²) in [5.74, 6) is 1.70. The smallest absolute Gasteiger partial charge is 0.178 e. The van der Waals surface area contributed by atoms with E-state index < -0.39 is 0 Å². The molecule has 1 saturated heterocycles. The van der Waals surface area contributed by atoms with Gasteiger partial charge in [0.2, 0.25) is 0 Å². The second-order valence-electron chi connectivity index (χ2n) is 4.47. The van der Waals surface area contributed by atoms with Crippen molar-refractivity contribution in [3.05, 3.63) is 23.8 Å². The van der Waals surface area contributed by atoms with Crippen molar-refractivity contribution >= 4 is 0 Å². The lowest BCUT2D eigenvalue weighted by molar-refractivity contribution is 0.211. The number of ether oxygens (including phenoxy) is 2. The van der Waals surface area contributed by atoms with E-state index in [0.717, 1.165) is 13.1 Å². The van der Waals surface area contributed by atoms with Crippen LogP contribution in [0.3, 0.4) is 0 Å². The summed E-state index contributed by atoms with van der Waals surface area (Å²) in [7, 11) is 1.59. The fourth-order valence-corrected chi connectivity index (χ4v) is 2.18. The Hall–Kier alpha value is -1.73. The summed E-state index contributed by atoms with van der Waals surface area (Å²) in [4.78, 5) is 0. The number of para-hydroxylation sites is 1. The predicted molar refractivity (Wildman–Crippen MR) is 68.8 cm³/mol. The third-order valence-electron chi connectivity index (χ3n) is 3.18. The SMILES string of the molecule is COc1cccc(C#N)c1OCC1CCCNC1. The Morgan fingerprint density at radius 2 is 2.39 bits per heavy atom. The molecule has 96 valence electrons. The van der Waals surface area contributed by atoms with Gasteiger partial charge in [0.1, 0.15) is 6.07 Å². The quantitative estimate of drug-likeness (QED) is 0.882. The van der Waals surface area contributed by atoms with E-state index in [9.17, 15) is 0 Å². The number of rotatable bonds is 4. The Kier molecular flexibility index (Phi) is 4.43. The fourth-order valence-electron chi connectivity index (χ4n) is 2.18. The van der Waals surface area contributed by atoms with Gasteiger partial charge in [-0.2, -0.15) is 5.26 Å². The molecule has 0 saturated carbocycles. The van der Waals surface area contributed by atoms with Crippen LogP contribution in [-0.4, -0.2) is 26.8 Å². The third kappa shape index (κ3) is 2.93. The van der Waals surface area contributed by atoms with Crippen LogP contribution in [0.5, 0.6) is 11.5 Å². The molecule has 4 nitrogen and oxygen atoms in total. The number of nitrogens with one attached hydrogen (secondary N) is 1. The largest absolute Gasteiger partial charge is 0.493 e. The van der Waals surface area contributed by atoms with Crippen LogP contribution < -0.4 is 14.8 Å². The highest BCUT2D eigenvalue weighted by molar-refractivity contribution is 5.52. The molecule has 1 aromatic carbocycles. The molecule has 2 rings (SSSR count). The number of piperidine rings is 1. The molecule has 1 aliphatic heterocycles. The Morgan fingerprint density at radius 1 is 1.50 bits per heavy atom. The lowest BCUT2D eigenvalue weighted by atomic mass is 10.0. The van der Waals surface area contributed by atoms with Crippen LogP contribution in [-0.2, 0) is 0 Å². The second-order valence-corrected chi connectivity index (χ2v) is 4.47. The van der Waals surface area contributed by atoms with Gasteiger partial charge in [0.05, 0.1) is 19.3 Å². The van der Waals surface area contributed by atoms with Crippen molar-refractivity contribution in [1.29, 1.82) is 5.26 Å². The molecule has 1 N–H and O–H groups in total. The van der Waals surface area contributed by atoms with Crippen molar-refractivity contribution in [2.75, 3.05) is 26.8 Å². The van der Waals surface area contributed by atoms with Gasteiger partial charge < -0.3 is 14.8 Å². The number of nitriles is 1. The van der Waals surface area contributed by atoms with E-state index in [-0.39, 0.29) is 0 Å². The molecule has 4 heteroatoms. The molecule has 1 heterocycles. The Balaban J connectivity index is 2.05. The third-order valence-corrected chi connectivity index (χ3v) is 3.18. The minimum absolute atomic E-state index is 0.509. The zero-order valence-electron chi connectivity index (χ0n) is 10.6. The van der Waals surface area contributed by atoms with Gasteiger partial charge in [-0.25, -0.2) is 0 Å². The standard InChI is InChI=1S/C14H18N2O2/c1-17-13-6-2-5-12(8-15)14(13)18-10-11-4-3-7-16-9-11/h2,5-6,11,16H,3-4,7,9-10H2,1H3. The maximum Gasteiger partial charge on any atom is 0.178 e. The van der Waals surface area contributed by atoms with Crippen LogP contribution in [0.4, 0.5) is 0 Å². The normalized spacial score (nSPS) is 19.0. The van der Waals surface area contributed by atoms with Crippen LogP contribution >= 0.6 is 0 Å². The minimum Gasteiger partial charge on any atom is -0.493 e. The molecule has 0 radical (unpaired) electrons. The first-order valence-electron chi connectivity index (χ1n) is 6.25. The molecule has 1 aliphatic rings. The molecule has 0 aliphatic carbocycles. The number of nitrogens with zero attached hydrogens (tertiary/aromatic N) is 1. The van der Waals surface area contributed by atoms with Crippen molar-refractivity contribution in [1.82, 2.24) is 5.32 Å². The van der Waals surface area contributed by atoms with E-state index >= 15 is 0 Å². The topological polar surface area (TPSA) is 54.3 Å². The van der Waals surface area contributed by atoms with E-state index in [1.165, 1.54) is 12.8 Å². The van der Waals surface area contributed by atoms with Gasteiger partial charge in [0.25, 0.3) is 0 Å². The highest BCUT2D eigenvalue weighted by atomic mass is 16.5. The Bertz CT molecular complexity index is 434. The van der Waals surface area contributed by atoms with E-state index in [1.807, 2.05) is 6.07 Å². The molecule has 1 aromatic rings. The van der Waals surface area contributed by atoms with E-state index in [2.05, 4.69) is 11.4 Å². The number of benzene rings is 1. The highest BCUT2D eigenvalue weighted by Gasteiger charge is 2.16. The van der Waals surface area contributed by atoms with Gasteiger partial charge >= 0.3 is 0 Å².